The summed E-state index contributed by atoms with van der Waals surface area (Å²) in [6.07, 6.45) is 0.157. The highest BCUT2D eigenvalue weighted by Crippen LogP contribution is 2.35. The van der Waals surface area contributed by atoms with E-state index in [4.69, 9.17) is 14.2 Å². The third kappa shape index (κ3) is 8.96. The van der Waals surface area contributed by atoms with Gasteiger partial charge in [-0.05, 0) is 55.3 Å². The number of para-hydroxylation sites is 3. The van der Waals surface area contributed by atoms with Crippen LogP contribution in [-0.4, -0.2) is 52.6 Å². The molecule has 9 rings (SSSR count). The van der Waals surface area contributed by atoms with Gasteiger partial charge >= 0.3 is 6.18 Å². The van der Waals surface area contributed by atoms with E-state index in [0.717, 1.165) is 43.7 Å². The SMILES string of the molecule is Cc1cccc2c1OC[N+](c1c(F)cc(F)c(F)c1F)=C2.Cc1cccc2c1OC[N+](c1cccc(C(F)(F)F)c1)=C2.Fc1c(F)c(F)c([N+]2=Cc3ccccc3OC2)c(F)c1F. The van der Waals surface area contributed by atoms with Crippen molar-refractivity contribution >= 4 is 35.7 Å². The predicted molar refractivity (Wildman–Crippen MR) is 204 cm³/mol. The number of halogens is 12. The highest BCUT2D eigenvalue weighted by molar-refractivity contribution is 5.83. The van der Waals surface area contributed by atoms with Crippen LogP contribution in [0, 0.1) is 66.2 Å². The van der Waals surface area contributed by atoms with E-state index in [1.807, 2.05) is 38.1 Å². The van der Waals surface area contributed by atoms with Gasteiger partial charge in [-0.3, -0.25) is 0 Å². The Morgan fingerprint density at radius 1 is 0.444 bits per heavy atom. The minimum Gasteiger partial charge on any atom is -0.435 e. The zero-order chi connectivity index (χ0) is 45.3. The minimum absolute atomic E-state index is 0.194. The first-order valence-electron chi connectivity index (χ1n) is 18.5. The highest BCUT2D eigenvalue weighted by Gasteiger charge is 2.36. The molecule has 324 valence electrons. The van der Waals surface area contributed by atoms with Crippen LogP contribution in [0.5, 0.6) is 17.2 Å². The molecule has 0 aliphatic carbocycles. The van der Waals surface area contributed by atoms with Crippen molar-refractivity contribution < 1.29 is 80.6 Å². The van der Waals surface area contributed by atoms with Crippen molar-refractivity contribution in [1.29, 1.82) is 0 Å². The Labute approximate surface area is 350 Å². The van der Waals surface area contributed by atoms with Crippen LogP contribution >= 0.6 is 0 Å². The van der Waals surface area contributed by atoms with Crippen LogP contribution in [0.2, 0.25) is 0 Å². The van der Waals surface area contributed by atoms with Crippen LogP contribution in [0.25, 0.3) is 0 Å². The highest BCUT2D eigenvalue weighted by atomic mass is 19.4. The summed E-state index contributed by atoms with van der Waals surface area (Å²) in [6, 6.07) is 23.1. The van der Waals surface area contributed by atoms with Gasteiger partial charge in [0.25, 0.3) is 31.6 Å². The van der Waals surface area contributed by atoms with Gasteiger partial charge in [-0.2, -0.15) is 44.5 Å². The standard InChI is InChI=1S/C16H13F3NO.C15H10F4NO.C14H7F5NO/c1-11-4-2-5-12-9-20(10-21-15(11)12)14-7-3-6-13(8-14)16(17,18)19;1-8-3-2-4-9-6-20(7-21-15(8)9)14-11(17)5-10(16)12(18)13(14)19;15-9-10(16)12(18)14(13(19)11(9)17)20-5-7-3-1-2-4-8(7)21-6-20/h2-9H,10H2,1H3;2-6H,7H2,1H3;1-5H,6H2/q3*+1. The largest absolute Gasteiger partial charge is 0.435 e. The lowest BCUT2D eigenvalue weighted by molar-refractivity contribution is -0.480. The average Bonchev–Trinajstić information content (AvgIpc) is 3.27. The van der Waals surface area contributed by atoms with E-state index in [-0.39, 0.29) is 20.2 Å². The third-order valence-electron chi connectivity index (χ3n) is 9.70. The summed E-state index contributed by atoms with van der Waals surface area (Å²) in [6.45, 7) is 3.40. The molecule has 0 fully saturated rings. The Balaban J connectivity index is 0.000000142. The van der Waals surface area contributed by atoms with E-state index < -0.39 is 75.5 Å². The molecule has 0 aromatic heterocycles. The van der Waals surface area contributed by atoms with E-state index in [2.05, 4.69) is 0 Å². The molecule has 0 N–H and O–H groups in total. The smallest absolute Gasteiger partial charge is 0.416 e. The molecule has 3 aliphatic heterocycles. The first-order valence-corrected chi connectivity index (χ1v) is 18.5. The van der Waals surface area contributed by atoms with Gasteiger partial charge < -0.3 is 14.2 Å². The Morgan fingerprint density at radius 3 is 1.54 bits per heavy atom. The van der Waals surface area contributed by atoms with Gasteiger partial charge in [-0.15, -0.1) is 0 Å². The summed E-state index contributed by atoms with van der Waals surface area (Å²) in [7, 11) is 0. The first kappa shape index (κ1) is 44.0. The molecule has 3 aliphatic rings. The Kier molecular flexibility index (Phi) is 12.4. The van der Waals surface area contributed by atoms with Gasteiger partial charge in [0.2, 0.25) is 52.2 Å². The Bertz CT molecular complexity index is 2850. The van der Waals surface area contributed by atoms with Crippen LogP contribution in [0.4, 0.5) is 69.7 Å². The lowest BCUT2D eigenvalue weighted by Gasteiger charge is -2.15. The molecule has 0 unspecified atom stereocenters. The maximum absolute atomic E-state index is 13.8. The molecule has 63 heavy (non-hydrogen) atoms. The van der Waals surface area contributed by atoms with E-state index in [1.54, 1.807) is 53.3 Å². The van der Waals surface area contributed by atoms with Crippen molar-refractivity contribution in [2.24, 2.45) is 0 Å². The number of hydrogen-bond acceptors (Lipinski definition) is 3. The second-order valence-electron chi connectivity index (χ2n) is 13.9. The molecule has 0 atom stereocenters. The number of rotatable bonds is 3. The van der Waals surface area contributed by atoms with Crippen LogP contribution in [0.3, 0.4) is 0 Å². The second-order valence-corrected chi connectivity index (χ2v) is 13.9. The van der Waals surface area contributed by atoms with Crippen LogP contribution < -0.4 is 14.2 Å². The number of fused-ring (bicyclic) bond motifs is 3. The summed E-state index contributed by atoms with van der Waals surface area (Å²) in [5.74, 6) is -14.2. The lowest BCUT2D eigenvalue weighted by atomic mass is 10.1. The molecule has 0 saturated heterocycles. The number of alkyl halides is 3. The number of benzene rings is 6. The molecule has 6 aromatic rings. The molecule has 6 nitrogen and oxygen atoms in total. The third-order valence-corrected chi connectivity index (χ3v) is 9.70. The average molecular weight is 889 g/mol. The topological polar surface area (TPSA) is 36.7 Å². The fourth-order valence-corrected chi connectivity index (χ4v) is 6.62. The van der Waals surface area contributed by atoms with Crippen LogP contribution in [0.1, 0.15) is 33.4 Å². The molecule has 0 saturated carbocycles. The maximum atomic E-state index is 13.8. The number of hydrogen-bond donors (Lipinski definition) is 0. The summed E-state index contributed by atoms with van der Waals surface area (Å²) >= 11 is 0. The summed E-state index contributed by atoms with van der Waals surface area (Å²) in [4.78, 5) is 0. The fourth-order valence-electron chi connectivity index (χ4n) is 6.62. The molecular weight excluding hydrogens is 858 g/mol. The van der Waals surface area contributed by atoms with Crippen molar-refractivity contribution in [2.45, 2.75) is 20.0 Å². The maximum Gasteiger partial charge on any atom is 0.416 e. The number of nitrogens with zero attached hydrogens (tertiary/aromatic N) is 3. The van der Waals surface area contributed by atoms with E-state index in [1.165, 1.54) is 18.5 Å². The molecule has 3 heterocycles. The predicted octanol–water partition coefficient (Wildman–Crippen LogP) is 11.3. The van der Waals surface area contributed by atoms with Crippen LogP contribution in [0.15, 0.2) is 91.0 Å². The van der Waals surface area contributed by atoms with Gasteiger partial charge in [0.15, 0.2) is 24.5 Å². The molecule has 0 bridgehead atoms. The molecule has 6 aromatic carbocycles. The van der Waals surface area contributed by atoms with E-state index in [9.17, 15) is 52.7 Å². The van der Waals surface area contributed by atoms with E-state index >= 15 is 0 Å². The van der Waals surface area contributed by atoms with Gasteiger partial charge in [0.05, 0.1) is 22.3 Å². The van der Waals surface area contributed by atoms with E-state index in [0.29, 0.717) is 34.4 Å². The van der Waals surface area contributed by atoms with Crippen molar-refractivity contribution in [1.82, 2.24) is 0 Å². The van der Waals surface area contributed by atoms with Crippen molar-refractivity contribution in [2.75, 3.05) is 20.2 Å². The van der Waals surface area contributed by atoms with Gasteiger partial charge in [-0.25, -0.2) is 22.0 Å². The Morgan fingerprint density at radius 2 is 0.921 bits per heavy atom. The number of ether oxygens (including phenoxy) is 3. The fraction of sp³-hybridized carbons (Fsp3) is 0.133. The normalized spacial score (nSPS) is 13.7. The van der Waals surface area contributed by atoms with Crippen molar-refractivity contribution in [3.05, 3.63) is 177 Å². The number of aryl methyl sites for hydroxylation is 2. The molecule has 18 heteroatoms. The summed E-state index contributed by atoms with van der Waals surface area (Å²) in [5, 5.41) is 0. The van der Waals surface area contributed by atoms with Gasteiger partial charge in [-0.1, -0.05) is 42.5 Å². The molecular formula is C45H30F12N3O3+3. The summed E-state index contributed by atoms with van der Waals surface area (Å²) in [5.41, 5.74) is 1.88. The molecule has 0 amide bonds. The minimum atomic E-state index is -4.35. The van der Waals surface area contributed by atoms with Gasteiger partial charge in [0.1, 0.15) is 17.2 Å². The van der Waals surface area contributed by atoms with Gasteiger partial charge in [0, 0.05) is 18.2 Å². The molecule has 0 spiro atoms. The van der Waals surface area contributed by atoms with Crippen molar-refractivity contribution in [3.8, 4) is 17.2 Å². The zero-order valence-electron chi connectivity index (χ0n) is 32.6. The Hall–Kier alpha value is -7.11. The second kappa shape index (κ2) is 17.7. The zero-order valence-corrected chi connectivity index (χ0v) is 32.6. The monoisotopic (exact) mass is 888 g/mol. The summed E-state index contributed by atoms with van der Waals surface area (Å²) < 4.78 is 179. The lowest BCUT2D eigenvalue weighted by Crippen LogP contribution is -2.23. The first-order chi connectivity index (χ1) is 29.9. The van der Waals surface area contributed by atoms with Crippen LogP contribution in [-0.2, 0) is 6.18 Å². The van der Waals surface area contributed by atoms with Crippen molar-refractivity contribution in [3.63, 3.8) is 0 Å². The quantitative estimate of drug-likeness (QED) is 0.0769. The molecule has 0 radical (unpaired) electrons.